The van der Waals surface area contributed by atoms with Crippen LogP contribution in [0.5, 0.6) is 0 Å². The summed E-state index contributed by atoms with van der Waals surface area (Å²) in [6.07, 6.45) is 3.99. The molecule has 0 amide bonds. The molecule has 1 aromatic carbocycles. The first-order valence-electron chi connectivity index (χ1n) is 9.94. The first-order chi connectivity index (χ1) is 13.2. The summed E-state index contributed by atoms with van der Waals surface area (Å²) in [4.78, 5) is 16.4. The molecule has 1 aromatic heterocycles. The molecule has 6 nitrogen and oxygen atoms in total. The van der Waals surface area contributed by atoms with Crippen LogP contribution in [0.2, 0.25) is 0 Å². The van der Waals surface area contributed by atoms with Gasteiger partial charge in [-0.05, 0) is 25.1 Å². The standard InChI is InChI=1S/C21H30N6/c1-25-7-9-27(10-8-25)21-23-12-17(13-24-21)14-26-15-19(11-22)20(16-26)18-5-3-2-4-6-18/h2-6,12-13,19-20H,7-11,14-16,22H2,1H3/t19-,20+/m1/s1. The Morgan fingerprint density at radius 1 is 1.00 bits per heavy atom. The molecule has 0 aliphatic carbocycles. The van der Waals surface area contributed by atoms with E-state index in [1.165, 1.54) is 11.1 Å². The molecule has 2 aliphatic heterocycles. The van der Waals surface area contributed by atoms with Gasteiger partial charge in [0.15, 0.2) is 0 Å². The smallest absolute Gasteiger partial charge is 0.225 e. The molecule has 144 valence electrons. The quantitative estimate of drug-likeness (QED) is 0.863. The number of piperazine rings is 1. The van der Waals surface area contributed by atoms with Crippen molar-refractivity contribution in [1.82, 2.24) is 19.8 Å². The lowest BCUT2D eigenvalue weighted by Crippen LogP contribution is -2.45. The summed E-state index contributed by atoms with van der Waals surface area (Å²) >= 11 is 0. The fraction of sp³-hybridized carbons (Fsp3) is 0.524. The van der Waals surface area contributed by atoms with Gasteiger partial charge in [-0.1, -0.05) is 30.3 Å². The van der Waals surface area contributed by atoms with Crippen molar-refractivity contribution in [2.45, 2.75) is 12.5 Å². The maximum atomic E-state index is 6.07. The molecule has 27 heavy (non-hydrogen) atoms. The van der Waals surface area contributed by atoms with Crippen molar-refractivity contribution in [1.29, 1.82) is 0 Å². The number of anilines is 1. The van der Waals surface area contributed by atoms with Gasteiger partial charge in [0.1, 0.15) is 0 Å². The number of nitrogens with two attached hydrogens (primary N) is 1. The van der Waals surface area contributed by atoms with Crippen LogP contribution in [-0.2, 0) is 6.54 Å². The summed E-state index contributed by atoms with van der Waals surface area (Å²) in [6, 6.07) is 10.8. The maximum absolute atomic E-state index is 6.07. The molecule has 6 heteroatoms. The van der Waals surface area contributed by atoms with Gasteiger partial charge in [0.25, 0.3) is 0 Å². The Labute approximate surface area is 162 Å². The van der Waals surface area contributed by atoms with Gasteiger partial charge in [-0.2, -0.15) is 0 Å². The fourth-order valence-corrected chi connectivity index (χ4v) is 4.26. The molecule has 0 spiro atoms. The Bertz CT molecular complexity index is 711. The maximum Gasteiger partial charge on any atom is 0.225 e. The third-order valence-corrected chi connectivity index (χ3v) is 5.93. The molecule has 2 fully saturated rings. The molecule has 2 atom stereocenters. The van der Waals surface area contributed by atoms with E-state index in [2.05, 4.69) is 62.0 Å². The Balaban J connectivity index is 1.38. The molecule has 3 heterocycles. The van der Waals surface area contributed by atoms with Crippen molar-refractivity contribution >= 4 is 5.95 Å². The van der Waals surface area contributed by atoms with E-state index in [0.29, 0.717) is 11.8 Å². The van der Waals surface area contributed by atoms with Crippen LogP contribution in [0.4, 0.5) is 5.95 Å². The molecule has 0 radical (unpaired) electrons. The highest BCUT2D eigenvalue weighted by atomic mass is 15.3. The topological polar surface area (TPSA) is 61.5 Å². The molecular weight excluding hydrogens is 336 g/mol. The second-order valence-electron chi connectivity index (χ2n) is 7.89. The zero-order valence-electron chi connectivity index (χ0n) is 16.2. The van der Waals surface area contributed by atoms with Gasteiger partial charge in [0.2, 0.25) is 5.95 Å². The second-order valence-corrected chi connectivity index (χ2v) is 7.89. The summed E-state index contributed by atoms with van der Waals surface area (Å²) in [6.45, 7) is 7.85. The first kappa shape index (κ1) is 18.3. The number of likely N-dealkylation sites (tertiary alicyclic amines) is 1. The Kier molecular flexibility index (Phi) is 5.66. The van der Waals surface area contributed by atoms with Crippen molar-refractivity contribution < 1.29 is 0 Å². The average molecular weight is 367 g/mol. The molecule has 2 saturated heterocycles. The Hall–Kier alpha value is -2.02. The minimum atomic E-state index is 0.512. The van der Waals surface area contributed by atoms with Crippen LogP contribution in [0.1, 0.15) is 17.0 Å². The molecule has 0 unspecified atom stereocenters. The molecule has 0 saturated carbocycles. The zero-order valence-corrected chi connectivity index (χ0v) is 16.2. The predicted octanol–water partition coefficient (Wildman–Crippen LogP) is 1.40. The number of likely N-dealkylation sites (N-methyl/N-ethyl adjacent to an activating group) is 1. The van der Waals surface area contributed by atoms with Crippen LogP contribution < -0.4 is 10.6 Å². The SMILES string of the molecule is CN1CCN(c2ncc(CN3C[C@@H](CN)[C@H](c4ccccc4)C3)cn2)CC1. The van der Waals surface area contributed by atoms with Gasteiger partial charge in [-0.3, -0.25) is 4.90 Å². The van der Waals surface area contributed by atoms with Crippen molar-refractivity contribution in [2.24, 2.45) is 11.7 Å². The van der Waals surface area contributed by atoms with Gasteiger partial charge in [-0.25, -0.2) is 9.97 Å². The fourth-order valence-electron chi connectivity index (χ4n) is 4.26. The summed E-state index contributed by atoms with van der Waals surface area (Å²) < 4.78 is 0. The summed E-state index contributed by atoms with van der Waals surface area (Å²) in [5, 5.41) is 0. The lowest BCUT2D eigenvalue weighted by Gasteiger charge is -2.32. The highest BCUT2D eigenvalue weighted by Gasteiger charge is 2.32. The van der Waals surface area contributed by atoms with Crippen LogP contribution in [0.15, 0.2) is 42.7 Å². The summed E-state index contributed by atoms with van der Waals surface area (Å²) in [5.74, 6) is 1.88. The second kappa shape index (κ2) is 8.33. The van der Waals surface area contributed by atoms with E-state index in [4.69, 9.17) is 5.73 Å². The Morgan fingerprint density at radius 3 is 2.37 bits per heavy atom. The molecule has 0 bridgehead atoms. The minimum Gasteiger partial charge on any atom is -0.338 e. The summed E-state index contributed by atoms with van der Waals surface area (Å²) in [7, 11) is 2.16. The third kappa shape index (κ3) is 4.29. The highest BCUT2D eigenvalue weighted by Crippen LogP contribution is 2.32. The van der Waals surface area contributed by atoms with Gasteiger partial charge in [0.05, 0.1) is 0 Å². The number of nitrogens with zero attached hydrogens (tertiary/aromatic N) is 5. The van der Waals surface area contributed by atoms with Crippen molar-refractivity contribution in [3.05, 3.63) is 53.9 Å². The number of hydrogen-bond acceptors (Lipinski definition) is 6. The zero-order chi connectivity index (χ0) is 18.6. The van der Waals surface area contributed by atoms with Gasteiger partial charge in [-0.15, -0.1) is 0 Å². The lowest BCUT2D eigenvalue weighted by molar-refractivity contribution is 0.310. The molecule has 2 aliphatic rings. The highest BCUT2D eigenvalue weighted by molar-refractivity contribution is 5.31. The number of rotatable bonds is 5. The van der Waals surface area contributed by atoms with Crippen LogP contribution in [0, 0.1) is 5.92 Å². The van der Waals surface area contributed by atoms with Gasteiger partial charge >= 0.3 is 0 Å². The van der Waals surface area contributed by atoms with Crippen molar-refractivity contribution in [3.63, 3.8) is 0 Å². The number of hydrogen-bond donors (Lipinski definition) is 1. The molecule has 2 N–H and O–H groups in total. The van der Waals surface area contributed by atoms with E-state index in [0.717, 1.165) is 58.3 Å². The van der Waals surface area contributed by atoms with Crippen molar-refractivity contribution in [3.8, 4) is 0 Å². The Morgan fingerprint density at radius 2 is 1.70 bits per heavy atom. The largest absolute Gasteiger partial charge is 0.338 e. The van der Waals surface area contributed by atoms with E-state index in [1.54, 1.807) is 0 Å². The first-order valence-corrected chi connectivity index (χ1v) is 9.94. The minimum absolute atomic E-state index is 0.512. The van der Waals surface area contributed by atoms with E-state index in [9.17, 15) is 0 Å². The number of aromatic nitrogens is 2. The third-order valence-electron chi connectivity index (χ3n) is 5.93. The van der Waals surface area contributed by atoms with Crippen LogP contribution in [-0.4, -0.2) is 72.6 Å². The predicted molar refractivity (Wildman–Crippen MR) is 109 cm³/mol. The van der Waals surface area contributed by atoms with E-state index < -0.39 is 0 Å². The monoisotopic (exact) mass is 366 g/mol. The van der Waals surface area contributed by atoms with Crippen LogP contribution in [0.3, 0.4) is 0 Å². The number of benzene rings is 1. The van der Waals surface area contributed by atoms with Crippen molar-refractivity contribution in [2.75, 3.05) is 57.8 Å². The average Bonchev–Trinajstić information content (AvgIpc) is 3.13. The summed E-state index contributed by atoms with van der Waals surface area (Å²) in [5.41, 5.74) is 8.65. The normalized spacial score (nSPS) is 24.4. The molecule has 2 aromatic rings. The molecular formula is C21H30N6. The van der Waals surface area contributed by atoms with Crippen LogP contribution in [0.25, 0.3) is 0 Å². The van der Waals surface area contributed by atoms with E-state index in [-0.39, 0.29) is 0 Å². The van der Waals surface area contributed by atoms with Gasteiger partial charge in [0, 0.05) is 69.7 Å². The molecule has 4 rings (SSSR count). The van der Waals surface area contributed by atoms with Crippen LogP contribution >= 0.6 is 0 Å². The van der Waals surface area contributed by atoms with Gasteiger partial charge < -0.3 is 15.5 Å². The van der Waals surface area contributed by atoms with E-state index in [1.807, 2.05) is 12.4 Å². The lowest BCUT2D eigenvalue weighted by atomic mass is 9.89. The van der Waals surface area contributed by atoms with E-state index >= 15 is 0 Å².